The molecule has 1 heterocycles. The molecule has 0 radical (unpaired) electrons. The third-order valence-electron chi connectivity index (χ3n) is 4.03. The second-order valence-electron chi connectivity index (χ2n) is 5.81. The molecule has 0 saturated carbocycles. The molecule has 1 saturated heterocycles. The number of amides is 1. The standard InChI is InChI=1S/C16H24ClN3O4S/c1-14(21)20(9-8-19-10-12-24-13-11-19)7-6-18-25(22,23)16-4-2-15(17)3-5-16/h2-5,18H,6-13H2,1H3. The largest absolute Gasteiger partial charge is 0.379 e. The van der Waals surface area contributed by atoms with E-state index >= 15 is 0 Å². The molecular weight excluding hydrogens is 366 g/mol. The van der Waals surface area contributed by atoms with Gasteiger partial charge in [-0.15, -0.1) is 0 Å². The lowest BCUT2D eigenvalue weighted by Gasteiger charge is -2.29. The number of carbonyl (C=O) groups excluding carboxylic acids is 1. The summed E-state index contributed by atoms with van der Waals surface area (Å²) in [6, 6.07) is 5.96. The van der Waals surface area contributed by atoms with Crippen LogP contribution in [0.5, 0.6) is 0 Å². The zero-order valence-corrected chi connectivity index (χ0v) is 15.9. The van der Waals surface area contributed by atoms with E-state index in [4.69, 9.17) is 16.3 Å². The summed E-state index contributed by atoms with van der Waals surface area (Å²) in [5.74, 6) is -0.0704. The van der Waals surface area contributed by atoms with Crippen molar-refractivity contribution in [1.29, 1.82) is 0 Å². The number of ether oxygens (including phenoxy) is 1. The van der Waals surface area contributed by atoms with Gasteiger partial charge in [-0.25, -0.2) is 13.1 Å². The van der Waals surface area contributed by atoms with Crippen LogP contribution < -0.4 is 4.72 Å². The summed E-state index contributed by atoms with van der Waals surface area (Å²) in [5, 5.41) is 0.477. The van der Waals surface area contributed by atoms with Crippen molar-refractivity contribution in [3.05, 3.63) is 29.3 Å². The Kier molecular flexibility index (Phi) is 7.64. The lowest BCUT2D eigenvalue weighted by Crippen LogP contribution is -2.44. The minimum absolute atomic E-state index is 0.0704. The molecule has 0 bridgehead atoms. The Bertz CT molecular complexity index is 660. The molecule has 1 fully saturated rings. The molecule has 2 rings (SSSR count). The number of benzene rings is 1. The second kappa shape index (κ2) is 9.49. The number of nitrogens with one attached hydrogen (secondary N) is 1. The van der Waals surface area contributed by atoms with E-state index < -0.39 is 10.0 Å². The van der Waals surface area contributed by atoms with Crippen molar-refractivity contribution in [3.63, 3.8) is 0 Å². The van der Waals surface area contributed by atoms with Crippen LogP contribution in [0.25, 0.3) is 0 Å². The molecule has 1 amide bonds. The van der Waals surface area contributed by atoms with Crippen LogP contribution in [0.15, 0.2) is 29.2 Å². The van der Waals surface area contributed by atoms with Crippen molar-refractivity contribution in [1.82, 2.24) is 14.5 Å². The van der Waals surface area contributed by atoms with Gasteiger partial charge in [-0.05, 0) is 24.3 Å². The van der Waals surface area contributed by atoms with E-state index in [2.05, 4.69) is 9.62 Å². The summed E-state index contributed by atoms with van der Waals surface area (Å²) in [7, 11) is -3.61. The fraction of sp³-hybridized carbons (Fsp3) is 0.562. The van der Waals surface area contributed by atoms with E-state index in [1.54, 1.807) is 4.90 Å². The number of nitrogens with zero attached hydrogens (tertiary/aromatic N) is 2. The van der Waals surface area contributed by atoms with Gasteiger partial charge in [0.1, 0.15) is 0 Å². The molecule has 9 heteroatoms. The summed E-state index contributed by atoms with van der Waals surface area (Å²) < 4.78 is 32.3. The lowest BCUT2D eigenvalue weighted by atomic mass is 10.3. The van der Waals surface area contributed by atoms with Crippen LogP contribution in [0.4, 0.5) is 0 Å². The van der Waals surface area contributed by atoms with Gasteiger partial charge in [0.05, 0.1) is 18.1 Å². The number of sulfonamides is 1. The average Bonchev–Trinajstić information content (AvgIpc) is 2.59. The summed E-state index contributed by atoms with van der Waals surface area (Å²) in [5.41, 5.74) is 0. The van der Waals surface area contributed by atoms with Crippen LogP contribution in [-0.2, 0) is 19.6 Å². The fourth-order valence-corrected chi connectivity index (χ4v) is 3.67. The Hall–Kier alpha value is -1.19. The van der Waals surface area contributed by atoms with Gasteiger partial charge in [-0.1, -0.05) is 11.6 Å². The van der Waals surface area contributed by atoms with Gasteiger partial charge in [0, 0.05) is 51.2 Å². The third-order valence-corrected chi connectivity index (χ3v) is 5.76. The number of carbonyl (C=O) groups is 1. The quantitative estimate of drug-likeness (QED) is 0.711. The number of morpholine rings is 1. The van der Waals surface area contributed by atoms with E-state index in [1.807, 2.05) is 0 Å². The van der Waals surface area contributed by atoms with Gasteiger partial charge >= 0.3 is 0 Å². The van der Waals surface area contributed by atoms with E-state index in [0.717, 1.165) is 19.6 Å². The summed E-state index contributed by atoms with van der Waals surface area (Å²) in [6.45, 7) is 6.43. The topological polar surface area (TPSA) is 79.0 Å². The van der Waals surface area contributed by atoms with Crippen molar-refractivity contribution in [2.75, 3.05) is 52.5 Å². The minimum atomic E-state index is -3.61. The highest BCUT2D eigenvalue weighted by Gasteiger charge is 2.16. The van der Waals surface area contributed by atoms with Crippen LogP contribution >= 0.6 is 11.6 Å². The monoisotopic (exact) mass is 389 g/mol. The minimum Gasteiger partial charge on any atom is -0.379 e. The van der Waals surface area contributed by atoms with Gasteiger partial charge in [0.2, 0.25) is 15.9 Å². The highest BCUT2D eigenvalue weighted by Crippen LogP contribution is 2.13. The SMILES string of the molecule is CC(=O)N(CCNS(=O)(=O)c1ccc(Cl)cc1)CCN1CCOCC1. The number of hydrogen-bond donors (Lipinski definition) is 1. The molecule has 0 spiro atoms. The maximum absolute atomic E-state index is 12.2. The average molecular weight is 390 g/mol. The molecule has 1 N–H and O–H groups in total. The van der Waals surface area contributed by atoms with E-state index in [9.17, 15) is 13.2 Å². The molecule has 0 aromatic heterocycles. The van der Waals surface area contributed by atoms with E-state index in [0.29, 0.717) is 31.3 Å². The molecule has 1 aliphatic rings. The first-order valence-electron chi connectivity index (χ1n) is 8.19. The molecule has 0 atom stereocenters. The van der Waals surface area contributed by atoms with Crippen molar-refractivity contribution in [2.24, 2.45) is 0 Å². The zero-order chi connectivity index (χ0) is 18.3. The van der Waals surface area contributed by atoms with Crippen LogP contribution in [-0.4, -0.2) is 76.6 Å². The Labute approximate surface area is 153 Å². The lowest BCUT2D eigenvalue weighted by molar-refractivity contribution is -0.129. The number of rotatable bonds is 8. The molecule has 1 aromatic rings. The first kappa shape index (κ1) is 20.1. The molecule has 0 unspecified atom stereocenters. The van der Waals surface area contributed by atoms with Crippen LogP contribution in [0.1, 0.15) is 6.92 Å². The van der Waals surface area contributed by atoms with Crippen LogP contribution in [0, 0.1) is 0 Å². The maximum atomic E-state index is 12.2. The van der Waals surface area contributed by atoms with Gasteiger partial charge in [-0.3, -0.25) is 9.69 Å². The Morgan fingerprint density at radius 3 is 2.48 bits per heavy atom. The van der Waals surface area contributed by atoms with Crippen molar-refractivity contribution in [2.45, 2.75) is 11.8 Å². The Morgan fingerprint density at radius 1 is 1.24 bits per heavy atom. The molecular formula is C16H24ClN3O4S. The highest BCUT2D eigenvalue weighted by atomic mass is 35.5. The normalized spacial score (nSPS) is 15.9. The van der Waals surface area contributed by atoms with Crippen LogP contribution in [0.3, 0.4) is 0 Å². The van der Waals surface area contributed by atoms with Gasteiger partial charge in [-0.2, -0.15) is 0 Å². The second-order valence-corrected chi connectivity index (χ2v) is 8.02. The maximum Gasteiger partial charge on any atom is 0.240 e. The van der Waals surface area contributed by atoms with Gasteiger partial charge < -0.3 is 9.64 Å². The Morgan fingerprint density at radius 2 is 1.88 bits per heavy atom. The van der Waals surface area contributed by atoms with Crippen molar-refractivity contribution >= 4 is 27.5 Å². The molecule has 140 valence electrons. The molecule has 25 heavy (non-hydrogen) atoms. The molecule has 7 nitrogen and oxygen atoms in total. The Balaban J connectivity index is 1.81. The predicted octanol–water partition coefficient (Wildman–Crippen LogP) is 0.799. The first-order valence-corrected chi connectivity index (χ1v) is 10.1. The highest BCUT2D eigenvalue weighted by molar-refractivity contribution is 7.89. The van der Waals surface area contributed by atoms with Gasteiger partial charge in [0.15, 0.2) is 0 Å². The third kappa shape index (κ3) is 6.56. The zero-order valence-electron chi connectivity index (χ0n) is 14.3. The van der Waals surface area contributed by atoms with E-state index in [1.165, 1.54) is 31.2 Å². The number of hydrogen-bond acceptors (Lipinski definition) is 5. The summed E-state index contributed by atoms with van der Waals surface area (Å²) in [6.07, 6.45) is 0. The predicted molar refractivity (Wildman–Crippen MR) is 96.2 cm³/mol. The van der Waals surface area contributed by atoms with Crippen molar-refractivity contribution in [3.8, 4) is 0 Å². The van der Waals surface area contributed by atoms with Crippen LogP contribution in [0.2, 0.25) is 5.02 Å². The molecule has 1 aromatic carbocycles. The summed E-state index contributed by atoms with van der Waals surface area (Å²) in [4.78, 5) is 15.8. The molecule has 0 aliphatic carbocycles. The number of halogens is 1. The van der Waals surface area contributed by atoms with Gasteiger partial charge in [0.25, 0.3) is 0 Å². The van der Waals surface area contributed by atoms with E-state index in [-0.39, 0.29) is 17.3 Å². The van der Waals surface area contributed by atoms with Crippen molar-refractivity contribution < 1.29 is 17.9 Å². The first-order chi connectivity index (χ1) is 11.9. The smallest absolute Gasteiger partial charge is 0.240 e. The molecule has 1 aliphatic heterocycles. The summed E-state index contributed by atoms with van der Waals surface area (Å²) >= 11 is 5.77. The fourth-order valence-electron chi connectivity index (χ4n) is 2.53.